The Labute approximate surface area is 78.1 Å². The lowest BCUT2D eigenvalue weighted by Crippen LogP contribution is -2.08. The second-order valence-electron chi connectivity index (χ2n) is 2.05. The lowest BCUT2D eigenvalue weighted by Gasteiger charge is -2.00. The van der Waals surface area contributed by atoms with Gasteiger partial charge >= 0.3 is 6.16 Å². The topological polar surface area (TPSA) is 44.8 Å². The summed E-state index contributed by atoms with van der Waals surface area (Å²) >= 11 is 0. The zero-order valence-electron chi connectivity index (χ0n) is 7.96. The molecule has 0 saturated heterocycles. The monoisotopic (exact) mass is 186 g/mol. The average Bonchev–Trinajstić information content (AvgIpc) is 2.11. The van der Waals surface area contributed by atoms with Gasteiger partial charge in [-0.05, 0) is 6.92 Å². The van der Waals surface area contributed by atoms with Gasteiger partial charge in [-0.2, -0.15) is 4.89 Å². The Kier molecular flexibility index (Phi) is 8.06. The molecule has 4 nitrogen and oxygen atoms in total. The summed E-state index contributed by atoms with van der Waals surface area (Å²) in [5.41, 5.74) is 0. The van der Waals surface area contributed by atoms with E-state index in [2.05, 4.69) is 26.4 Å². The zero-order valence-corrected chi connectivity index (χ0v) is 7.96. The van der Waals surface area contributed by atoms with E-state index in [4.69, 9.17) is 0 Å². The molecule has 0 rings (SSSR count). The van der Waals surface area contributed by atoms with Crippen molar-refractivity contribution in [3.63, 3.8) is 0 Å². The van der Waals surface area contributed by atoms with Crippen molar-refractivity contribution in [2.75, 3.05) is 13.2 Å². The molecule has 0 unspecified atom stereocenters. The molecule has 0 aromatic carbocycles. The van der Waals surface area contributed by atoms with Crippen molar-refractivity contribution in [1.29, 1.82) is 0 Å². The first-order chi connectivity index (χ1) is 6.31. The van der Waals surface area contributed by atoms with E-state index in [1.54, 1.807) is 6.92 Å². The first-order valence-electron chi connectivity index (χ1n) is 4.23. The maximum Gasteiger partial charge on any atom is 0.540 e. The first kappa shape index (κ1) is 11.8. The zero-order chi connectivity index (χ0) is 9.94. The number of hydrogen-bond acceptors (Lipinski definition) is 4. The highest BCUT2D eigenvalue weighted by atomic mass is 17.2. The minimum absolute atomic E-state index is 0.270. The van der Waals surface area contributed by atoms with Gasteiger partial charge in [0.25, 0.3) is 0 Å². The second kappa shape index (κ2) is 8.88. The van der Waals surface area contributed by atoms with Crippen LogP contribution in [0.1, 0.15) is 26.7 Å². The lowest BCUT2D eigenvalue weighted by atomic mass is 10.4. The lowest BCUT2D eigenvalue weighted by molar-refractivity contribution is -0.252. The number of ether oxygens (including phenoxy) is 1. The van der Waals surface area contributed by atoms with Crippen LogP contribution in [0.2, 0.25) is 0 Å². The Balaban J connectivity index is 3.20. The molecule has 0 saturated carbocycles. The summed E-state index contributed by atoms with van der Waals surface area (Å²) in [5, 5.41) is 0. The van der Waals surface area contributed by atoms with Crippen LogP contribution in [-0.2, 0) is 14.5 Å². The molecule has 0 radical (unpaired) electrons. The van der Waals surface area contributed by atoms with Crippen LogP contribution >= 0.6 is 0 Å². The normalized spacial score (nSPS) is 8.46. The predicted molar refractivity (Wildman–Crippen MR) is 46.7 cm³/mol. The van der Waals surface area contributed by atoms with Crippen molar-refractivity contribution in [3.05, 3.63) is 0 Å². The smallest absolute Gasteiger partial charge is 0.433 e. The van der Waals surface area contributed by atoms with Gasteiger partial charge in [0.1, 0.15) is 6.61 Å². The van der Waals surface area contributed by atoms with Crippen LogP contribution < -0.4 is 0 Å². The van der Waals surface area contributed by atoms with Crippen LogP contribution in [0.15, 0.2) is 0 Å². The fourth-order valence-electron chi connectivity index (χ4n) is 0.538. The highest BCUT2D eigenvalue weighted by molar-refractivity contribution is 5.58. The van der Waals surface area contributed by atoms with Crippen LogP contribution in [0.5, 0.6) is 0 Å². The maximum atomic E-state index is 10.5. The second-order valence-corrected chi connectivity index (χ2v) is 2.05. The quantitative estimate of drug-likeness (QED) is 0.221. The fraction of sp³-hybridized carbons (Fsp3) is 0.667. The first-order valence-corrected chi connectivity index (χ1v) is 4.23. The SMILES string of the molecule is CCC#CCCOOC(=O)OCC. The summed E-state index contributed by atoms with van der Waals surface area (Å²) in [6.45, 7) is 4.20. The van der Waals surface area contributed by atoms with Crippen molar-refractivity contribution in [1.82, 2.24) is 0 Å². The van der Waals surface area contributed by atoms with Crippen LogP contribution in [0, 0.1) is 11.8 Å². The maximum absolute atomic E-state index is 10.5. The van der Waals surface area contributed by atoms with Gasteiger partial charge in [-0.1, -0.05) is 6.92 Å². The van der Waals surface area contributed by atoms with Gasteiger partial charge < -0.3 is 4.74 Å². The van der Waals surface area contributed by atoms with E-state index < -0.39 is 6.16 Å². The van der Waals surface area contributed by atoms with Crippen LogP contribution in [0.3, 0.4) is 0 Å². The molecular weight excluding hydrogens is 172 g/mol. The molecule has 0 spiro atoms. The minimum Gasteiger partial charge on any atom is -0.433 e. The third-order valence-electron chi connectivity index (χ3n) is 1.00. The van der Waals surface area contributed by atoms with Crippen molar-refractivity contribution in [3.8, 4) is 11.8 Å². The molecular formula is C9H14O4. The van der Waals surface area contributed by atoms with E-state index in [-0.39, 0.29) is 13.2 Å². The van der Waals surface area contributed by atoms with Crippen molar-refractivity contribution >= 4 is 6.16 Å². The molecule has 4 heteroatoms. The summed E-state index contributed by atoms with van der Waals surface area (Å²) in [4.78, 5) is 19.3. The van der Waals surface area contributed by atoms with E-state index in [0.29, 0.717) is 6.42 Å². The molecule has 0 amide bonds. The average molecular weight is 186 g/mol. The summed E-state index contributed by atoms with van der Waals surface area (Å²) < 4.78 is 4.45. The molecule has 0 aromatic heterocycles. The highest BCUT2D eigenvalue weighted by Gasteiger charge is 2.01. The van der Waals surface area contributed by atoms with Gasteiger partial charge in [0.15, 0.2) is 0 Å². The summed E-state index contributed by atoms with van der Waals surface area (Å²) in [6, 6.07) is 0. The Morgan fingerprint density at radius 1 is 1.31 bits per heavy atom. The van der Waals surface area contributed by atoms with Gasteiger partial charge in [0, 0.05) is 12.8 Å². The molecule has 0 atom stereocenters. The van der Waals surface area contributed by atoms with Gasteiger partial charge in [0.05, 0.1) is 6.61 Å². The van der Waals surface area contributed by atoms with E-state index in [1.165, 1.54) is 0 Å². The molecule has 0 heterocycles. The Hall–Kier alpha value is -1.21. The Morgan fingerprint density at radius 3 is 2.69 bits per heavy atom. The third-order valence-corrected chi connectivity index (χ3v) is 1.00. The predicted octanol–water partition coefficient (Wildman–Crippen LogP) is 1.89. The molecule has 0 aliphatic rings. The Bertz CT molecular complexity index is 190. The molecule has 0 aliphatic heterocycles. The molecule has 0 aliphatic carbocycles. The Morgan fingerprint density at radius 2 is 2.08 bits per heavy atom. The van der Waals surface area contributed by atoms with E-state index in [0.717, 1.165) is 6.42 Å². The van der Waals surface area contributed by atoms with Gasteiger partial charge in [0.2, 0.25) is 0 Å². The summed E-state index contributed by atoms with van der Waals surface area (Å²) in [7, 11) is 0. The number of rotatable bonds is 4. The highest BCUT2D eigenvalue weighted by Crippen LogP contribution is 1.88. The van der Waals surface area contributed by atoms with Crippen LogP contribution in [0.4, 0.5) is 4.79 Å². The molecule has 13 heavy (non-hydrogen) atoms. The summed E-state index contributed by atoms with van der Waals surface area (Å²) in [5.74, 6) is 5.69. The van der Waals surface area contributed by atoms with Crippen molar-refractivity contribution in [2.24, 2.45) is 0 Å². The van der Waals surface area contributed by atoms with E-state index in [9.17, 15) is 4.79 Å². The number of hydrogen-bond donors (Lipinski definition) is 0. The molecule has 0 aromatic rings. The molecule has 0 bridgehead atoms. The molecule has 0 fully saturated rings. The minimum atomic E-state index is -0.814. The van der Waals surface area contributed by atoms with Gasteiger partial charge in [-0.3, -0.25) is 4.89 Å². The van der Waals surface area contributed by atoms with E-state index >= 15 is 0 Å². The largest absolute Gasteiger partial charge is 0.540 e. The summed E-state index contributed by atoms with van der Waals surface area (Å²) in [6.07, 6.45) is 0.553. The number of carbonyl (C=O) groups excluding carboxylic acids is 1. The van der Waals surface area contributed by atoms with Crippen molar-refractivity contribution < 1.29 is 19.3 Å². The van der Waals surface area contributed by atoms with E-state index in [1.807, 2.05) is 6.92 Å². The standard InChI is InChI=1S/C9H14O4/c1-3-5-6-7-8-12-13-9(10)11-4-2/h3-4,7-8H2,1-2H3. The van der Waals surface area contributed by atoms with Gasteiger partial charge in [-0.15, -0.1) is 11.8 Å². The fourth-order valence-corrected chi connectivity index (χ4v) is 0.538. The van der Waals surface area contributed by atoms with Crippen LogP contribution in [-0.4, -0.2) is 19.4 Å². The van der Waals surface area contributed by atoms with Crippen LogP contribution in [0.25, 0.3) is 0 Å². The molecule has 0 N–H and O–H groups in total. The van der Waals surface area contributed by atoms with Crippen molar-refractivity contribution in [2.45, 2.75) is 26.7 Å². The third kappa shape index (κ3) is 8.70. The van der Waals surface area contributed by atoms with Gasteiger partial charge in [-0.25, -0.2) is 4.79 Å². The number of carbonyl (C=O) groups is 1. The molecule has 74 valence electrons.